The number of alkyl carbamates (subject to hydrolysis) is 1. The van der Waals surface area contributed by atoms with Gasteiger partial charge in [-0.15, -0.1) is 0 Å². The SMILES string of the molecule is CCC(CC)C(N)CNC(=O)OCC(C)C. The Morgan fingerprint density at radius 2 is 1.88 bits per heavy atom. The lowest BCUT2D eigenvalue weighted by molar-refractivity contribution is 0.131. The summed E-state index contributed by atoms with van der Waals surface area (Å²) >= 11 is 0. The van der Waals surface area contributed by atoms with Crippen molar-refractivity contribution in [3.63, 3.8) is 0 Å². The molecule has 3 N–H and O–H groups in total. The van der Waals surface area contributed by atoms with Crippen molar-refractivity contribution in [1.29, 1.82) is 0 Å². The van der Waals surface area contributed by atoms with Crippen LogP contribution >= 0.6 is 0 Å². The summed E-state index contributed by atoms with van der Waals surface area (Å²) in [7, 11) is 0. The van der Waals surface area contributed by atoms with Gasteiger partial charge in [-0.2, -0.15) is 0 Å². The Kier molecular flexibility index (Phi) is 7.99. The molecule has 4 heteroatoms. The van der Waals surface area contributed by atoms with Crippen LogP contribution in [0.4, 0.5) is 4.79 Å². The molecule has 0 bridgehead atoms. The van der Waals surface area contributed by atoms with Crippen molar-refractivity contribution >= 4 is 6.09 Å². The molecule has 0 saturated heterocycles. The van der Waals surface area contributed by atoms with Gasteiger partial charge < -0.3 is 15.8 Å². The second kappa shape index (κ2) is 8.39. The van der Waals surface area contributed by atoms with Gasteiger partial charge in [0.25, 0.3) is 0 Å². The van der Waals surface area contributed by atoms with Crippen LogP contribution in [0, 0.1) is 11.8 Å². The molecule has 1 atom stereocenters. The van der Waals surface area contributed by atoms with Crippen LogP contribution in [0.25, 0.3) is 0 Å². The van der Waals surface area contributed by atoms with Crippen LogP contribution in [0.1, 0.15) is 40.5 Å². The van der Waals surface area contributed by atoms with Crippen LogP contribution in [0.3, 0.4) is 0 Å². The summed E-state index contributed by atoms with van der Waals surface area (Å²) in [4.78, 5) is 11.3. The Bertz CT molecular complexity index is 191. The van der Waals surface area contributed by atoms with E-state index in [0.717, 1.165) is 12.8 Å². The van der Waals surface area contributed by atoms with Crippen molar-refractivity contribution in [2.24, 2.45) is 17.6 Å². The van der Waals surface area contributed by atoms with Gasteiger partial charge in [-0.3, -0.25) is 0 Å². The third-order valence-corrected chi connectivity index (χ3v) is 2.68. The maximum absolute atomic E-state index is 11.3. The van der Waals surface area contributed by atoms with Gasteiger partial charge in [0.2, 0.25) is 0 Å². The molecule has 96 valence electrons. The van der Waals surface area contributed by atoms with E-state index in [9.17, 15) is 4.79 Å². The summed E-state index contributed by atoms with van der Waals surface area (Å²) in [5.41, 5.74) is 5.97. The second-order valence-electron chi connectivity index (χ2n) is 4.61. The molecule has 0 aliphatic heterocycles. The third-order valence-electron chi connectivity index (χ3n) is 2.68. The lowest BCUT2D eigenvalue weighted by Gasteiger charge is -2.21. The first-order valence-electron chi connectivity index (χ1n) is 6.17. The van der Waals surface area contributed by atoms with Crippen molar-refractivity contribution < 1.29 is 9.53 Å². The van der Waals surface area contributed by atoms with Crippen molar-refractivity contribution in [1.82, 2.24) is 5.32 Å². The van der Waals surface area contributed by atoms with E-state index in [0.29, 0.717) is 25.0 Å². The van der Waals surface area contributed by atoms with E-state index >= 15 is 0 Å². The van der Waals surface area contributed by atoms with Gasteiger partial charge in [-0.1, -0.05) is 40.5 Å². The molecule has 16 heavy (non-hydrogen) atoms. The molecular weight excluding hydrogens is 204 g/mol. The molecule has 0 aromatic carbocycles. The molecule has 1 amide bonds. The zero-order valence-corrected chi connectivity index (χ0v) is 11.0. The second-order valence-corrected chi connectivity index (χ2v) is 4.61. The molecule has 0 aliphatic carbocycles. The average molecular weight is 230 g/mol. The zero-order chi connectivity index (χ0) is 12.6. The Balaban J connectivity index is 3.73. The summed E-state index contributed by atoms with van der Waals surface area (Å²) in [6, 6.07) is 0.0154. The number of hydrogen-bond acceptors (Lipinski definition) is 3. The molecule has 1 unspecified atom stereocenters. The van der Waals surface area contributed by atoms with E-state index in [1.54, 1.807) is 0 Å². The lowest BCUT2D eigenvalue weighted by atomic mass is 9.95. The number of ether oxygens (including phenoxy) is 1. The molecule has 0 rings (SSSR count). The van der Waals surface area contributed by atoms with Crippen molar-refractivity contribution in [3.8, 4) is 0 Å². The molecule has 0 radical (unpaired) electrons. The first-order chi connectivity index (χ1) is 7.51. The minimum atomic E-state index is -0.366. The number of carbonyl (C=O) groups is 1. The van der Waals surface area contributed by atoms with Gasteiger partial charge in [-0.05, 0) is 11.8 Å². The monoisotopic (exact) mass is 230 g/mol. The van der Waals surface area contributed by atoms with Gasteiger partial charge >= 0.3 is 6.09 Å². The molecule has 0 aliphatic rings. The van der Waals surface area contributed by atoms with Crippen molar-refractivity contribution in [3.05, 3.63) is 0 Å². The summed E-state index contributed by atoms with van der Waals surface area (Å²) < 4.78 is 5.00. The van der Waals surface area contributed by atoms with Crippen LogP contribution in [0.2, 0.25) is 0 Å². The largest absolute Gasteiger partial charge is 0.449 e. The fourth-order valence-electron chi connectivity index (χ4n) is 1.56. The fourth-order valence-corrected chi connectivity index (χ4v) is 1.56. The van der Waals surface area contributed by atoms with Crippen LogP contribution in [-0.4, -0.2) is 25.3 Å². The molecule has 0 aromatic rings. The normalized spacial score (nSPS) is 12.9. The van der Waals surface area contributed by atoms with Gasteiger partial charge in [0.15, 0.2) is 0 Å². The predicted molar refractivity (Wildman–Crippen MR) is 66.2 cm³/mol. The number of nitrogens with two attached hydrogens (primary N) is 1. The number of rotatable bonds is 7. The van der Waals surface area contributed by atoms with Crippen LogP contribution in [-0.2, 0) is 4.74 Å². The highest BCUT2D eigenvalue weighted by molar-refractivity contribution is 5.67. The quantitative estimate of drug-likeness (QED) is 0.704. The molecule has 0 aromatic heterocycles. The fraction of sp³-hybridized carbons (Fsp3) is 0.917. The van der Waals surface area contributed by atoms with E-state index in [-0.39, 0.29) is 12.1 Å². The topological polar surface area (TPSA) is 64.3 Å². The summed E-state index contributed by atoms with van der Waals surface area (Å²) in [6.45, 7) is 9.18. The molecule has 0 heterocycles. The van der Waals surface area contributed by atoms with Crippen LogP contribution in [0.5, 0.6) is 0 Å². The molecule has 0 spiro atoms. The average Bonchev–Trinajstić information content (AvgIpc) is 2.25. The lowest BCUT2D eigenvalue weighted by Crippen LogP contribution is -2.42. The minimum absolute atomic E-state index is 0.0154. The summed E-state index contributed by atoms with van der Waals surface area (Å²) in [5, 5.41) is 2.70. The Morgan fingerprint density at radius 3 is 2.31 bits per heavy atom. The molecule has 0 fully saturated rings. The maximum atomic E-state index is 11.3. The van der Waals surface area contributed by atoms with Gasteiger partial charge in [0.1, 0.15) is 0 Å². The summed E-state index contributed by atoms with van der Waals surface area (Å²) in [5.74, 6) is 0.823. The van der Waals surface area contributed by atoms with E-state index in [1.807, 2.05) is 13.8 Å². The number of amides is 1. The third kappa shape index (κ3) is 6.67. The predicted octanol–water partition coefficient (Wildman–Crippen LogP) is 2.13. The van der Waals surface area contributed by atoms with E-state index < -0.39 is 0 Å². The zero-order valence-electron chi connectivity index (χ0n) is 11.0. The van der Waals surface area contributed by atoms with Crippen LogP contribution in [0.15, 0.2) is 0 Å². The molecular formula is C12H26N2O2. The number of carbonyl (C=O) groups excluding carboxylic acids is 1. The van der Waals surface area contributed by atoms with E-state index in [4.69, 9.17) is 10.5 Å². The molecule has 0 saturated carbocycles. The van der Waals surface area contributed by atoms with E-state index in [2.05, 4.69) is 19.2 Å². The summed E-state index contributed by atoms with van der Waals surface area (Å²) in [6.07, 6.45) is 1.72. The smallest absolute Gasteiger partial charge is 0.407 e. The number of hydrogen-bond donors (Lipinski definition) is 2. The highest BCUT2D eigenvalue weighted by atomic mass is 16.5. The van der Waals surface area contributed by atoms with Gasteiger partial charge in [0.05, 0.1) is 6.61 Å². The van der Waals surface area contributed by atoms with Crippen molar-refractivity contribution in [2.45, 2.75) is 46.6 Å². The first kappa shape index (κ1) is 15.2. The maximum Gasteiger partial charge on any atom is 0.407 e. The highest BCUT2D eigenvalue weighted by Crippen LogP contribution is 2.10. The van der Waals surface area contributed by atoms with Gasteiger partial charge in [-0.25, -0.2) is 4.79 Å². The standard InChI is InChI=1S/C12H26N2O2/c1-5-10(6-2)11(13)7-14-12(15)16-8-9(3)4/h9-11H,5-8,13H2,1-4H3,(H,14,15). The Hall–Kier alpha value is -0.770. The van der Waals surface area contributed by atoms with Gasteiger partial charge in [0, 0.05) is 12.6 Å². The minimum Gasteiger partial charge on any atom is -0.449 e. The first-order valence-corrected chi connectivity index (χ1v) is 6.17. The van der Waals surface area contributed by atoms with E-state index in [1.165, 1.54) is 0 Å². The molecule has 4 nitrogen and oxygen atoms in total. The number of nitrogens with one attached hydrogen (secondary N) is 1. The highest BCUT2D eigenvalue weighted by Gasteiger charge is 2.15. The Labute approximate surface area is 98.9 Å². The van der Waals surface area contributed by atoms with Crippen molar-refractivity contribution in [2.75, 3.05) is 13.2 Å². The van der Waals surface area contributed by atoms with Crippen LogP contribution < -0.4 is 11.1 Å². The Morgan fingerprint density at radius 1 is 1.31 bits per heavy atom.